The van der Waals surface area contributed by atoms with E-state index >= 15 is 0 Å². The van der Waals surface area contributed by atoms with Gasteiger partial charge in [-0.3, -0.25) is 10.1 Å². The van der Waals surface area contributed by atoms with Gasteiger partial charge in [0.25, 0.3) is 5.91 Å². The highest BCUT2D eigenvalue weighted by Gasteiger charge is 2.20. The lowest BCUT2D eigenvalue weighted by Gasteiger charge is -2.21. The molecule has 6 heteroatoms. The third kappa shape index (κ3) is 5.21. The van der Waals surface area contributed by atoms with Crippen molar-refractivity contribution in [1.29, 1.82) is 5.26 Å². The van der Waals surface area contributed by atoms with E-state index in [1.54, 1.807) is 39.8 Å². The molecule has 2 N–H and O–H groups in total. The number of rotatable bonds is 4. The Morgan fingerprint density at radius 3 is 2.38 bits per heavy atom. The predicted octanol–water partition coefficient (Wildman–Crippen LogP) is 4.22. The molecule has 0 spiro atoms. The van der Waals surface area contributed by atoms with Gasteiger partial charge in [0.05, 0.1) is 23.7 Å². The molecule has 26 heavy (non-hydrogen) atoms. The van der Waals surface area contributed by atoms with Crippen molar-refractivity contribution in [1.82, 2.24) is 5.32 Å². The number of carbonyl (C=O) groups excluding carboxylic acids is 2. The number of nitrogens with one attached hydrogen (secondary N) is 2. The predicted molar refractivity (Wildman–Crippen MR) is 101 cm³/mol. The number of ether oxygens (including phenoxy) is 1. The van der Waals surface area contributed by atoms with E-state index in [1.807, 2.05) is 30.3 Å². The minimum atomic E-state index is -0.648. The van der Waals surface area contributed by atoms with Crippen molar-refractivity contribution in [2.45, 2.75) is 45.8 Å². The maximum Gasteiger partial charge on any atom is 0.412 e. The summed E-state index contributed by atoms with van der Waals surface area (Å²) in [6, 6.07) is 12.7. The molecule has 1 atom stereocenters. The highest BCUT2D eigenvalue weighted by molar-refractivity contribution is 6.07. The fourth-order valence-corrected chi connectivity index (χ4v) is 2.43. The van der Waals surface area contributed by atoms with Crippen LogP contribution in [0.2, 0.25) is 0 Å². The molecule has 6 nitrogen and oxygen atoms in total. The van der Waals surface area contributed by atoms with Gasteiger partial charge >= 0.3 is 6.09 Å². The summed E-state index contributed by atoms with van der Waals surface area (Å²) in [7, 11) is 0. The summed E-state index contributed by atoms with van der Waals surface area (Å²) < 4.78 is 5.28. The second-order valence-electron chi connectivity index (χ2n) is 7.11. The van der Waals surface area contributed by atoms with Crippen LogP contribution in [0.15, 0.2) is 36.4 Å². The first-order valence-electron chi connectivity index (χ1n) is 8.40. The van der Waals surface area contributed by atoms with Gasteiger partial charge in [0.2, 0.25) is 0 Å². The van der Waals surface area contributed by atoms with E-state index in [1.165, 1.54) is 0 Å². The molecule has 0 radical (unpaired) electrons. The van der Waals surface area contributed by atoms with Gasteiger partial charge in [-0.05, 0) is 50.6 Å². The second kappa shape index (κ2) is 7.87. The molecule has 0 fully saturated rings. The Morgan fingerprint density at radius 2 is 1.81 bits per heavy atom. The minimum absolute atomic E-state index is 0.203. The van der Waals surface area contributed by atoms with Crippen molar-refractivity contribution in [3.05, 3.63) is 42.0 Å². The van der Waals surface area contributed by atoms with Gasteiger partial charge in [0.15, 0.2) is 0 Å². The van der Waals surface area contributed by atoms with Crippen molar-refractivity contribution in [2.24, 2.45) is 0 Å². The third-order valence-corrected chi connectivity index (χ3v) is 3.54. The van der Waals surface area contributed by atoms with E-state index < -0.39 is 11.7 Å². The van der Waals surface area contributed by atoms with Crippen molar-refractivity contribution in [3.8, 4) is 6.07 Å². The molecule has 2 aromatic carbocycles. The third-order valence-electron chi connectivity index (χ3n) is 3.54. The van der Waals surface area contributed by atoms with Crippen LogP contribution >= 0.6 is 0 Å². The fraction of sp³-hybridized carbons (Fsp3) is 0.350. The number of hydrogen-bond acceptors (Lipinski definition) is 4. The summed E-state index contributed by atoms with van der Waals surface area (Å²) in [4.78, 5) is 24.8. The first-order valence-corrected chi connectivity index (χ1v) is 8.40. The molecule has 0 aliphatic carbocycles. The number of amides is 2. The Kier molecular flexibility index (Phi) is 5.83. The van der Waals surface area contributed by atoms with Crippen LogP contribution in [0.1, 0.15) is 44.5 Å². The average molecular weight is 353 g/mol. The van der Waals surface area contributed by atoms with Crippen LogP contribution in [0.25, 0.3) is 10.8 Å². The van der Waals surface area contributed by atoms with Crippen LogP contribution in [0.4, 0.5) is 10.5 Å². The van der Waals surface area contributed by atoms with Gasteiger partial charge in [-0.15, -0.1) is 0 Å². The normalized spacial score (nSPS) is 12.1. The molecule has 0 aliphatic heterocycles. The van der Waals surface area contributed by atoms with E-state index in [0.29, 0.717) is 11.3 Å². The summed E-state index contributed by atoms with van der Waals surface area (Å²) in [5, 5.41) is 16.0. The first-order chi connectivity index (χ1) is 12.2. The second-order valence-corrected chi connectivity index (χ2v) is 7.11. The van der Waals surface area contributed by atoms with Crippen LogP contribution in [0, 0.1) is 11.3 Å². The quantitative estimate of drug-likeness (QED) is 0.861. The molecule has 2 amide bonds. The fourth-order valence-electron chi connectivity index (χ4n) is 2.43. The number of fused-ring (bicyclic) bond motifs is 1. The van der Waals surface area contributed by atoms with Crippen LogP contribution in [-0.2, 0) is 4.74 Å². The number of hydrogen-bond donors (Lipinski definition) is 2. The SMILES string of the molecule is CC(CC#N)NC(=O)c1cc2ccccc2cc1NC(=O)OC(C)(C)C. The van der Waals surface area contributed by atoms with Crippen LogP contribution in [-0.4, -0.2) is 23.6 Å². The highest BCUT2D eigenvalue weighted by Crippen LogP contribution is 2.25. The van der Waals surface area contributed by atoms with Gasteiger partial charge < -0.3 is 10.1 Å². The summed E-state index contributed by atoms with van der Waals surface area (Å²) in [5.74, 6) is -0.357. The zero-order valence-electron chi connectivity index (χ0n) is 15.4. The zero-order chi connectivity index (χ0) is 19.3. The van der Waals surface area contributed by atoms with Crippen molar-refractivity contribution in [2.75, 3.05) is 5.32 Å². The Labute approximate surface area is 153 Å². The number of nitrogens with zero attached hydrogens (tertiary/aromatic N) is 1. The lowest BCUT2D eigenvalue weighted by atomic mass is 10.0. The van der Waals surface area contributed by atoms with Gasteiger partial charge in [-0.2, -0.15) is 5.26 Å². The topological polar surface area (TPSA) is 91.2 Å². The molecule has 2 rings (SSSR count). The Bertz CT molecular complexity index is 863. The molecular weight excluding hydrogens is 330 g/mol. The average Bonchev–Trinajstić information content (AvgIpc) is 2.52. The Hall–Kier alpha value is -3.07. The van der Waals surface area contributed by atoms with E-state index in [0.717, 1.165) is 10.8 Å². The molecule has 0 aliphatic rings. The molecule has 1 unspecified atom stereocenters. The molecule has 0 aromatic heterocycles. The van der Waals surface area contributed by atoms with Crippen molar-refractivity contribution < 1.29 is 14.3 Å². The molecule has 0 bridgehead atoms. The molecular formula is C20H23N3O3. The van der Waals surface area contributed by atoms with Crippen LogP contribution < -0.4 is 10.6 Å². The lowest BCUT2D eigenvalue weighted by Crippen LogP contribution is -2.33. The molecule has 136 valence electrons. The van der Waals surface area contributed by atoms with Gasteiger partial charge in [-0.1, -0.05) is 24.3 Å². The first kappa shape index (κ1) is 19.3. The summed E-state index contributed by atoms with van der Waals surface area (Å²) >= 11 is 0. The molecule has 2 aromatic rings. The number of nitriles is 1. The number of anilines is 1. The van der Waals surface area contributed by atoms with Gasteiger partial charge in [-0.25, -0.2) is 4.79 Å². The van der Waals surface area contributed by atoms with Crippen molar-refractivity contribution in [3.63, 3.8) is 0 Å². The summed E-state index contributed by atoms with van der Waals surface area (Å²) in [5.41, 5.74) is 0.0314. The van der Waals surface area contributed by atoms with E-state index in [-0.39, 0.29) is 18.4 Å². The van der Waals surface area contributed by atoms with Crippen molar-refractivity contribution >= 4 is 28.5 Å². The van der Waals surface area contributed by atoms with Crippen LogP contribution in [0.5, 0.6) is 0 Å². The standard InChI is InChI=1S/C20H23N3O3/c1-13(9-10-21)22-18(24)16-11-14-7-5-6-8-15(14)12-17(16)23-19(25)26-20(2,3)4/h5-8,11-13H,9H2,1-4H3,(H,22,24)(H,23,25). The maximum atomic E-state index is 12.6. The molecule has 0 heterocycles. The van der Waals surface area contributed by atoms with Crippen LogP contribution in [0.3, 0.4) is 0 Å². The summed E-state index contributed by atoms with van der Waals surface area (Å²) in [6.07, 6.45) is -0.430. The van der Waals surface area contributed by atoms with E-state index in [4.69, 9.17) is 10.00 Å². The maximum absolute atomic E-state index is 12.6. The largest absolute Gasteiger partial charge is 0.444 e. The highest BCUT2D eigenvalue weighted by atomic mass is 16.6. The molecule has 0 saturated heterocycles. The summed E-state index contributed by atoms with van der Waals surface area (Å²) in [6.45, 7) is 7.06. The van der Waals surface area contributed by atoms with E-state index in [9.17, 15) is 9.59 Å². The Morgan fingerprint density at radius 1 is 1.19 bits per heavy atom. The minimum Gasteiger partial charge on any atom is -0.444 e. The zero-order valence-corrected chi connectivity index (χ0v) is 15.4. The number of carbonyl (C=O) groups is 2. The monoisotopic (exact) mass is 353 g/mol. The Balaban J connectivity index is 2.37. The van der Waals surface area contributed by atoms with E-state index in [2.05, 4.69) is 10.6 Å². The van der Waals surface area contributed by atoms with Gasteiger partial charge in [0, 0.05) is 6.04 Å². The molecule has 0 saturated carbocycles. The number of benzene rings is 2. The van der Waals surface area contributed by atoms with Gasteiger partial charge in [0.1, 0.15) is 5.60 Å². The smallest absolute Gasteiger partial charge is 0.412 e. The lowest BCUT2D eigenvalue weighted by molar-refractivity contribution is 0.0636.